The Morgan fingerprint density at radius 3 is 3.00 bits per heavy atom. The van der Waals surface area contributed by atoms with E-state index in [1.54, 1.807) is 24.3 Å². The van der Waals surface area contributed by atoms with Crippen molar-refractivity contribution in [2.45, 2.75) is 12.2 Å². The summed E-state index contributed by atoms with van der Waals surface area (Å²) in [4.78, 5) is 0. The molecule has 0 saturated carbocycles. The van der Waals surface area contributed by atoms with Crippen LogP contribution in [0.3, 0.4) is 0 Å². The van der Waals surface area contributed by atoms with Crippen molar-refractivity contribution >= 4 is 18.3 Å². The second-order valence-electron chi connectivity index (χ2n) is 2.12. The van der Waals surface area contributed by atoms with Gasteiger partial charge in [0.2, 0.25) is 0 Å². The molecule has 0 saturated heterocycles. The van der Waals surface area contributed by atoms with Crippen molar-refractivity contribution in [3.63, 3.8) is 0 Å². The summed E-state index contributed by atoms with van der Waals surface area (Å²) < 4.78 is 32.1. The SMILES string of the molecule is [1H][C@@]([2H])(C)[Se](=O)c1ccccc1OC. The molecule has 0 N–H and O–H groups in total. The molecule has 0 aliphatic heterocycles. The van der Waals surface area contributed by atoms with Crippen LogP contribution in [0, 0.1) is 0 Å². The quantitative estimate of drug-likeness (QED) is 0.735. The van der Waals surface area contributed by atoms with Crippen LogP contribution in [0.5, 0.6) is 5.75 Å². The molecule has 0 heterocycles. The van der Waals surface area contributed by atoms with E-state index in [0.29, 0.717) is 10.2 Å². The molecule has 3 heteroatoms. The van der Waals surface area contributed by atoms with Gasteiger partial charge in [-0.1, -0.05) is 0 Å². The van der Waals surface area contributed by atoms with E-state index in [1.165, 1.54) is 14.0 Å². The molecule has 2 atom stereocenters. The monoisotopic (exact) mass is 233 g/mol. The third-order valence-corrected chi connectivity index (χ3v) is 3.78. The van der Waals surface area contributed by atoms with Crippen molar-refractivity contribution in [2.75, 3.05) is 7.11 Å². The Morgan fingerprint density at radius 1 is 1.75 bits per heavy atom. The first kappa shape index (κ1) is 6.81. The van der Waals surface area contributed by atoms with Gasteiger partial charge in [-0.05, 0) is 0 Å². The fraction of sp³-hybridized carbons (Fsp3) is 0.333. The van der Waals surface area contributed by atoms with Gasteiger partial charge >= 0.3 is 78.9 Å². The van der Waals surface area contributed by atoms with Crippen molar-refractivity contribution in [3.05, 3.63) is 24.3 Å². The minimum atomic E-state index is -2.70. The van der Waals surface area contributed by atoms with Gasteiger partial charge in [-0.3, -0.25) is 0 Å². The van der Waals surface area contributed by atoms with E-state index in [-0.39, 0.29) is 0 Å². The van der Waals surface area contributed by atoms with Gasteiger partial charge in [0.25, 0.3) is 0 Å². The Bertz CT molecular complexity index is 347. The first-order valence-electron chi connectivity index (χ1n) is 4.51. The Hall–Kier alpha value is -0.661. The summed E-state index contributed by atoms with van der Waals surface area (Å²) in [5.41, 5.74) is 0. The molecule has 12 heavy (non-hydrogen) atoms. The maximum absolute atomic E-state index is 11.8. The summed E-state index contributed by atoms with van der Waals surface area (Å²) >= 11 is -2.70. The van der Waals surface area contributed by atoms with Crippen LogP contribution in [0.15, 0.2) is 24.3 Å². The summed E-state index contributed by atoms with van der Waals surface area (Å²) in [6, 6.07) is 6.84. The maximum atomic E-state index is 11.8. The van der Waals surface area contributed by atoms with E-state index >= 15 is 0 Å². The van der Waals surface area contributed by atoms with Crippen LogP contribution in [0.1, 0.15) is 9.67 Å². The van der Waals surface area contributed by atoms with Crippen LogP contribution in [0.25, 0.3) is 0 Å². The van der Waals surface area contributed by atoms with Crippen LogP contribution in [0.4, 0.5) is 0 Å². The first-order valence-corrected chi connectivity index (χ1v) is 5.93. The van der Waals surface area contributed by atoms with Crippen molar-refractivity contribution in [1.29, 1.82) is 0 Å². The number of hydrogen-bond donors (Lipinski definition) is 0. The van der Waals surface area contributed by atoms with Crippen LogP contribution in [-0.2, 0) is 3.83 Å². The molecule has 1 aromatic carbocycles. The molecule has 1 unspecified atom stereocenters. The standard InChI is InChI=1S/C9H12O2Se/c1-3-12(10)9-7-5-4-6-8(9)11-2/h4-7H,3H2,1-2H3/i3DH/t3-,12?/m1/s1. The normalized spacial score (nSPS) is 20.2. The van der Waals surface area contributed by atoms with Gasteiger partial charge in [0.15, 0.2) is 0 Å². The predicted octanol–water partition coefficient (Wildman–Crippen LogP) is 1.34. The number of para-hydroxylation sites is 1. The van der Waals surface area contributed by atoms with Gasteiger partial charge < -0.3 is 0 Å². The van der Waals surface area contributed by atoms with E-state index in [0.717, 1.165) is 0 Å². The van der Waals surface area contributed by atoms with Gasteiger partial charge in [-0.2, -0.15) is 0 Å². The molecule has 2 nitrogen and oxygen atoms in total. The minimum absolute atomic E-state index is 0.488. The molecule has 0 amide bonds. The summed E-state index contributed by atoms with van der Waals surface area (Å²) in [6.07, 6.45) is 0. The second kappa shape index (κ2) is 4.39. The summed E-state index contributed by atoms with van der Waals surface area (Å²) in [7, 11) is 1.49. The number of ether oxygens (including phenoxy) is 1. The van der Waals surface area contributed by atoms with Crippen molar-refractivity contribution in [1.82, 2.24) is 0 Å². The van der Waals surface area contributed by atoms with E-state index in [1.807, 2.05) is 0 Å². The van der Waals surface area contributed by atoms with E-state index in [9.17, 15) is 3.83 Å². The van der Waals surface area contributed by atoms with Crippen molar-refractivity contribution < 1.29 is 11.3 Å². The molecule has 0 bridgehead atoms. The van der Waals surface area contributed by atoms with Crippen LogP contribution >= 0.6 is 0 Å². The summed E-state index contributed by atoms with van der Waals surface area (Å²) in [5, 5.41) is -1.66. The second-order valence-corrected chi connectivity index (χ2v) is 5.03. The van der Waals surface area contributed by atoms with Gasteiger partial charge in [-0.15, -0.1) is 0 Å². The predicted molar refractivity (Wildman–Crippen MR) is 49.5 cm³/mol. The zero-order chi connectivity index (χ0) is 10.8. The van der Waals surface area contributed by atoms with Gasteiger partial charge in [0.05, 0.1) is 0 Å². The molecule has 1 aromatic rings. The summed E-state index contributed by atoms with van der Waals surface area (Å²) in [6.45, 7) is 1.33. The van der Waals surface area contributed by atoms with Crippen molar-refractivity contribution in [3.8, 4) is 5.75 Å². The van der Waals surface area contributed by atoms with E-state index in [2.05, 4.69) is 0 Å². The molecule has 1 rings (SSSR count). The molecule has 66 valence electrons. The Balaban J connectivity index is 3.13. The van der Waals surface area contributed by atoms with Gasteiger partial charge in [-0.25, -0.2) is 0 Å². The molecular weight excluding hydrogens is 219 g/mol. The summed E-state index contributed by atoms with van der Waals surface area (Å²) in [5.74, 6) is 0.498. The van der Waals surface area contributed by atoms with Crippen LogP contribution in [-0.4, -0.2) is 20.9 Å². The Morgan fingerprint density at radius 2 is 2.42 bits per heavy atom. The zero-order valence-electron chi connectivity index (χ0n) is 9.03. The zero-order valence-corrected chi connectivity index (χ0v) is 8.75. The Kier molecular flexibility index (Phi) is 2.49. The topological polar surface area (TPSA) is 26.3 Å². The number of rotatable bonds is 3. The average molecular weight is 232 g/mol. The molecule has 0 spiro atoms. The van der Waals surface area contributed by atoms with Gasteiger partial charge in [0, 0.05) is 0 Å². The Labute approximate surface area is 79.4 Å². The van der Waals surface area contributed by atoms with Crippen LogP contribution < -0.4 is 9.20 Å². The number of hydrogen-bond acceptors (Lipinski definition) is 2. The molecule has 0 aliphatic carbocycles. The van der Waals surface area contributed by atoms with Crippen molar-refractivity contribution in [2.24, 2.45) is 0 Å². The van der Waals surface area contributed by atoms with E-state index < -0.39 is 19.1 Å². The third-order valence-electron chi connectivity index (χ3n) is 1.45. The third kappa shape index (κ3) is 1.93. The van der Waals surface area contributed by atoms with Gasteiger partial charge in [0.1, 0.15) is 0 Å². The number of methoxy groups -OCH3 is 1. The van der Waals surface area contributed by atoms with Crippen LogP contribution in [0.2, 0.25) is 5.27 Å². The molecule has 0 radical (unpaired) electrons. The van der Waals surface area contributed by atoms with E-state index in [4.69, 9.17) is 7.48 Å². The fourth-order valence-electron chi connectivity index (χ4n) is 0.882. The number of benzene rings is 1. The first-order chi connectivity index (χ1) is 6.46. The fourth-order valence-corrected chi connectivity index (χ4v) is 2.47. The molecule has 0 fully saturated rings. The molecule has 0 aromatic heterocycles. The average Bonchev–Trinajstić information content (AvgIpc) is 2.15. The molecular formula is C9H12O2Se. The molecule has 0 aliphatic rings.